The van der Waals surface area contributed by atoms with Crippen molar-refractivity contribution in [2.75, 3.05) is 0 Å². The Balaban J connectivity index is 2.26. The molecule has 0 amide bonds. The highest BCUT2D eigenvalue weighted by atomic mass is 32.2. The number of sulfonamides is 2. The molecule has 0 unspecified atom stereocenters. The van der Waals surface area contributed by atoms with Gasteiger partial charge in [-0.3, -0.25) is 0 Å². The number of nitrogens with one attached hydrogen (secondary N) is 2. The van der Waals surface area contributed by atoms with Gasteiger partial charge in [0.15, 0.2) is 0 Å². The molecule has 0 aliphatic carbocycles. The fraction of sp³-hybridized carbons (Fsp3) is 0.100. The maximum absolute atomic E-state index is 12.0. The minimum atomic E-state index is -3.95. The van der Waals surface area contributed by atoms with Gasteiger partial charge in [0.25, 0.3) is 0 Å². The van der Waals surface area contributed by atoms with Gasteiger partial charge in [-0.05, 0) is 18.2 Å². The van der Waals surface area contributed by atoms with Crippen LogP contribution in [0.3, 0.4) is 0 Å². The molecule has 2 rings (SSSR count). The van der Waals surface area contributed by atoms with Gasteiger partial charge in [-0.15, -0.1) is 0 Å². The van der Waals surface area contributed by atoms with Gasteiger partial charge in [-0.25, -0.2) is 31.7 Å². The molecule has 4 N–H and O–H groups in total. The second-order valence-electron chi connectivity index (χ2n) is 3.92. The van der Waals surface area contributed by atoms with Crippen molar-refractivity contribution in [2.45, 2.75) is 16.3 Å². The predicted octanol–water partition coefficient (Wildman–Crippen LogP) is -0.464. The van der Waals surface area contributed by atoms with Gasteiger partial charge in [0.1, 0.15) is 0 Å². The topological polar surface area (TPSA) is 135 Å². The molecule has 1 aromatic heterocycles. The minimum Gasteiger partial charge on any atom is -0.347 e. The zero-order valence-corrected chi connectivity index (χ0v) is 11.8. The van der Waals surface area contributed by atoms with Crippen molar-refractivity contribution >= 4 is 20.0 Å². The number of primary sulfonamides is 1. The molecule has 0 atom stereocenters. The third-order valence-corrected chi connectivity index (χ3v) is 4.76. The Bertz CT molecular complexity index is 798. The predicted molar refractivity (Wildman–Crippen MR) is 70.4 cm³/mol. The largest absolute Gasteiger partial charge is 0.347 e. The summed E-state index contributed by atoms with van der Waals surface area (Å²) in [5.41, 5.74) is 0.580. The van der Waals surface area contributed by atoms with E-state index in [0.29, 0.717) is 5.69 Å². The lowest BCUT2D eigenvalue weighted by Gasteiger charge is -2.07. The van der Waals surface area contributed by atoms with E-state index in [-0.39, 0.29) is 16.3 Å². The van der Waals surface area contributed by atoms with Crippen molar-refractivity contribution in [3.8, 4) is 0 Å². The fourth-order valence-corrected chi connectivity index (χ4v) is 3.14. The maximum Gasteiger partial charge on any atom is 0.240 e. The van der Waals surface area contributed by atoms with Gasteiger partial charge in [0.05, 0.1) is 22.7 Å². The van der Waals surface area contributed by atoms with Gasteiger partial charge in [-0.2, -0.15) is 0 Å². The molecule has 108 valence electrons. The lowest BCUT2D eigenvalue weighted by Crippen LogP contribution is -2.24. The van der Waals surface area contributed by atoms with Crippen LogP contribution in [0.15, 0.2) is 46.6 Å². The molecule has 2 aromatic rings. The molecule has 0 spiro atoms. The van der Waals surface area contributed by atoms with E-state index in [1.807, 2.05) is 0 Å². The summed E-state index contributed by atoms with van der Waals surface area (Å²) in [6.45, 7) is 0.0158. The van der Waals surface area contributed by atoms with Gasteiger partial charge in [0.2, 0.25) is 20.0 Å². The van der Waals surface area contributed by atoms with Crippen molar-refractivity contribution in [3.05, 3.63) is 42.5 Å². The van der Waals surface area contributed by atoms with Crippen molar-refractivity contribution in [3.63, 3.8) is 0 Å². The third-order valence-electron chi connectivity index (χ3n) is 2.45. The van der Waals surface area contributed by atoms with E-state index in [9.17, 15) is 16.8 Å². The number of H-pyrrole nitrogens is 1. The number of benzene rings is 1. The summed E-state index contributed by atoms with van der Waals surface area (Å²) in [7, 11) is -7.79. The molecule has 8 nitrogen and oxygen atoms in total. The summed E-state index contributed by atoms with van der Waals surface area (Å²) in [5.74, 6) is 0. The molecule has 0 saturated heterocycles. The number of aromatic nitrogens is 2. The Morgan fingerprint density at radius 3 is 2.50 bits per heavy atom. The average Bonchev–Trinajstić information content (AvgIpc) is 2.89. The van der Waals surface area contributed by atoms with Crippen LogP contribution in [-0.2, 0) is 26.6 Å². The number of hydrogen-bond donors (Lipinski definition) is 3. The molecule has 20 heavy (non-hydrogen) atoms. The summed E-state index contributed by atoms with van der Waals surface area (Å²) < 4.78 is 48.8. The molecule has 0 aliphatic heterocycles. The molecule has 1 heterocycles. The summed E-state index contributed by atoms with van der Waals surface area (Å²) in [6.07, 6.45) is 2.90. The van der Waals surface area contributed by atoms with Crippen LogP contribution in [0.25, 0.3) is 0 Å². The van der Waals surface area contributed by atoms with E-state index in [2.05, 4.69) is 14.7 Å². The minimum absolute atomic E-state index is 0.0158. The van der Waals surface area contributed by atoms with Crippen LogP contribution in [-0.4, -0.2) is 26.8 Å². The monoisotopic (exact) mass is 316 g/mol. The summed E-state index contributed by atoms with van der Waals surface area (Å²) in [6, 6.07) is 4.82. The highest BCUT2D eigenvalue weighted by Gasteiger charge is 2.17. The SMILES string of the molecule is NS(=O)(=O)c1cccc(S(=O)(=O)NCc2cnc[nH]2)c1. The van der Waals surface area contributed by atoms with Crippen LogP contribution in [0, 0.1) is 0 Å². The second kappa shape index (κ2) is 5.32. The average molecular weight is 316 g/mol. The summed E-state index contributed by atoms with van der Waals surface area (Å²) in [4.78, 5) is 6.06. The van der Waals surface area contributed by atoms with Gasteiger partial charge >= 0.3 is 0 Å². The first-order chi connectivity index (χ1) is 9.29. The van der Waals surface area contributed by atoms with Crippen LogP contribution >= 0.6 is 0 Å². The molecule has 0 saturated carbocycles. The van der Waals surface area contributed by atoms with E-state index >= 15 is 0 Å². The van der Waals surface area contributed by atoms with Crippen LogP contribution in [0.1, 0.15) is 5.69 Å². The molecule has 0 radical (unpaired) electrons. The molecule has 0 aliphatic rings. The second-order valence-corrected chi connectivity index (χ2v) is 7.25. The first-order valence-electron chi connectivity index (χ1n) is 5.39. The molecule has 0 bridgehead atoms. The van der Waals surface area contributed by atoms with Crippen LogP contribution in [0.4, 0.5) is 0 Å². The first-order valence-corrected chi connectivity index (χ1v) is 8.42. The van der Waals surface area contributed by atoms with E-state index in [0.717, 1.165) is 6.07 Å². The van der Waals surface area contributed by atoms with Gasteiger partial charge < -0.3 is 4.98 Å². The number of aromatic amines is 1. The van der Waals surface area contributed by atoms with E-state index < -0.39 is 20.0 Å². The Morgan fingerprint density at radius 2 is 1.90 bits per heavy atom. The quantitative estimate of drug-likeness (QED) is 0.685. The Hall–Kier alpha value is -1.75. The number of nitrogens with zero attached hydrogens (tertiary/aromatic N) is 1. The van der Waals surface area contributed by atoms with E-state index in [1.165, 1.54) is 30.7 Å². The van der Waals surface area contributed by atoms with Crippen molar-refractivity contribution < 1.29 is 16.8 Å². The highest BCUT2D eigenvalue weighted by molar-refractivity contribution is 7.90. The Morgan fingerprint density at radius 1 is 1.20 bits per heavy atom. The maximum atomic E-state index is 12.0. The summed E-state index contributed by atoms with van der Waals surface area (Å²) in [5, 5.41) is 4.96. The fourth-order valence-electron chi connectivity index (χ4n) is 1.46. The number of nitrogens with two attached hydrogens (primary N) is 1. The van der Waals surface area contributed by atoms with Crippen LogP contribution in [0.5, 0.6) is 0 Å². The van der Waals surface area contributed by atoms with Crippen LogP contribution in [0.2, 0.25) is 0 Å². The van der Waals surface area contributed by atoms with E-state index in [4.69, 9.17) is 5.14 Å². The molecular weight excluding hydrogens is 304 g/mol. The molecular formula is C10H12N4O4S2. The third kappa shape index (κ3) is 3.42. The lowest BCUT2D eigenvalue weighted by atomic mass is 10.4. The zero-order chi connectivity index (χ0) is 14.8. The van der Waals surface area contributed by atoms with Crippen molar-refractivity contribution in [1.82, 2.24) is 14.7 Å². The lowest BCUT2D eigenvalue weighted by molar-refractivity contribution is 0.580. The molecule has 0 fully saturated rings. The Kier molecular flexibility index (Phi) is 3.90. The zero-order valence-electron chi connectivity index (χ0n) is 10.1. The van der Waals surface area contributed by atoms with Gasteiger partial charge in [-0.1, -0.05) is 6.07 Å². The number of hydrogen-bond acceptors (Lipinski definition) is 5. The first kappa shape index (κ1) is 14.7. The normalized spacial score (nSPS) is 12.4. The number of rotatable bonds is 5. The molecule has 10 heteroatoms. The standard InChI is InChI=1S/C10H12N4O4S2/c11-19(15,16)9-2-1-3-10(4-9)20(17,18)14-6-8-5-12-7-13-8/h1-5,7,14H,6H2,(H,12,13)(H2,11,15,16). The Labute approximate surface area is 116 Å². The van der Waals surface area contributed by atoms with E-state index in [1.54, 1.807) is 0 Å². The number of imidazole rings is 1. The van der Waals surface area contributed by atoms with Crippen LogP contribution < -0.4 is 9.86 Å². The van der Waals surface area contributed by atoms with Crippen molar-refractivity contribution in [1.29, 1.82) is 0 Å². The van der Waals surface area contributed by atoms with Crippen molar-refractivity contribution in [2.24, 2.45) is 5.14 Å². The smallest absolute Gasteiger partial charge is 0.240 e. The summed E-state index contributed by atoms with van der Waals surface area (Å²) >= 11 is 0. The van der Waals surface area contributed by atoms with Gasteiger partial charge in [0, 0.05) is 11.9 Å². The molecule has 1 aromatic carbocycles. The highest BCUT2D eigenvalue weighted by Crippen LogP contribution is 2.14.